The average molecular weight is 254 g/mol. The Bertz CT molecular complexity index is 223. The first kappa shape index (κ1) is 14.7. The fraction of sp³-hybridized carbons (Fsp3) is 1.00. The van der Waals surface area contributed by atoms with Gasteiger partial charge in [0.05, 0.1) is 5.92 Å². The van der Waals surface area contributed by atoms with Crippen LogP contribution in [-0.2, 0) is 4.74 Å². The highest BCUT2D eigenvalue weighted by atomic mass is 19.4. The van der Waals surface area contributed by atoms with E-state index in [2.05, 4.69) is 0 Å². The normalized spacial score (nSPS) is 24.9. The molecular formula is C11H21F3N2O. The van der Waals surface area contributed by atoms with Gasteiger partial charge >= 0.3 is 6.18 Å². The Morgan fingerprint density at radius 2 is 2.18 bits per heavy atom. The largest absolute Gasteiger partial charge is 0.393 e. The van der Waals surface area contributed by atoms with E-state index in [4.69, 9.17) is 10.5 Å². The minimum Gasteiger partial charge on any atom is -0.385 e. The van der Waals surface area contributed by atoms with Gasteiger partial charge in [0.1, 0.15) is 0 Å². The van der Waals surface area contributed by atoms with Gasteiger partial charge < -0.3 is 15.4 Å². The number of hydrogen-bond acceptors (Lipinski definition) is 3. The fourth-order valence-corrected chi connectivity index (χ4v) is 2.18. The summed E-state index contributed by atoms with van der Waals surface area (Å²) in [5.74, 6) is -1.19. The van der Waals surface area contributed by atoms with Crippen molar-refractivity contribution >= 4 is 0 Å². The minimum absolute atomic E-state index is 0.0875. The SMILES string of the molecule is COCCC(N)CN1CCCC(C(F)(F)F)C1. The monoisotopic (exact) mass is 254 g/mol. The number of halogens is 3. The number of alkyl halides is 3. The van der Waals surface area contributed by atoms with E-state index in [9.17, 15) is 13.2 Å². The molecule has 3 nitrogen and oxygen atoms in total. The van der Waals surface area contributed by atoms with E-state index in [1.807, 2.05) is 4.90 Å². The molecule has 0 spiro atoms. The lowest BCUT2D eigenvalue weighted by atomic mass is 9.97. The van der Waals surface area contributed by atoms with Crippen molar-refractivity contribution in [2.24, 2.45) is 11.7 Å². The van der Waals surface area contributed by atoms with Crippen molar-refractivity contribution in [3.8, 4) is 0 Å². The Hall–Kier alpha value is -0.330. The molecule has 2 N–H and O–H groups in total. The number of ether oxygens (including phenoxy) is 1. The van der Waals surface area contributed by atoms with Gasteiger partial charge in [-0.3, -0.25) is 0 Å². The summed E-state index contributed by atoms with van der Waals surface area (Å²) < 4.78 is 42.6. The zero-order valence-corrected chi connectivity index (χ0v) is 10.2. The van der Waals surface area contributed by atoms with Crippen LogP contribution in [0.1, 0.15) is 19.3 Å². The van der Waals surface area contributed by atoms with Crippen LogP contribution in [0.4, 0.5) is 13.2 Å². The van der Waals surface area contributed by atoms with Crippen LogP contribution in [0.3, 0.4) is 0 Å². The molecule has 1 heterocycles. The molecule has 0 aromatic carbocycles. The molecule has 0 aromatic heterocycles. The van der Waals surface area contributed by atoms with Gasteiger partial charge in [-0.2, -0.15) is 13.2 Å². The number of hydrogen-bond donors (Lipinski definition) is 1. The molecule has 102 valence electrons. The molecule has 6 heteroatoms. The maximum absolute atomic E-state index is 12.6. The Morgan fingerprint density at radius 3 is 2.76 bits per heavy atom. The van der Waals surface area contributed by atoms with Crippen molar-refractivity contribution in [2.45, 2.75) is 31.5 Å². The van der Waals surface area contributed by atoms with Crippen molar-refractivity contribution in [3.63, 3.8) is 0 Å². The van der Waals surface area contributed by atoms with E-state index in [1.165, 1.54) is 0 Å². The first-order valence-corrected chi connectivity index (χ1v) is 5.97. The van der Waals surface area contributed by atoms with Crippen LogP contribution in [0.15, 0.2) is 0 Å². The van der Waals surface area contributed by atoms with E-state index in [-0.39, 0.29) is 19.0 Å². The molecule has 1 rings (SSSR count). The molecule has 0 aliphatic carbocycles. The average Bonchev–Trinajstić information content (AvgIpc) is 2.25. The molecule has 1 aliphatic rings. The highest BCUT2D eigenvalue weighted by Crippen LogP contribution is 2.33. The molecule has 0 amide bonds. The second-order valence-electron chi connectivity index (χ2n) is 4.68. The molecule has 1 saturated heterocycles. The van der Waals surface area contributed by atoms with Crippen LogP contribution in [0.25, 0.3) is 0 Å². The van der Waals surface area contributed by atoms with Gasteiger partial charge in [0.2, 0.25) is 0 Å². The molecule has 1 fully saturated rings. The Morgan fingerprint density at radius 1 is 1.47 bits per heavy atom. The number of nitrogens with two attached hydrogens (primary N) is 1. The van der Waals surface area contributed by atoms with Crippen LogP contribution in [0, 0.1) is 5.92 Å². The second-order valence-corrected chi connectivity index (χ2v) is 4.68. The van der Waals surface area contributed by atoms with Gasteiger partial charge in [0, 0.05) is 32.8 Å². The predicted octanol–water partition coefficient (Wildman–Crippen LogP) is 1.62. The number of rotatable bonds is 5. The van der Waals surface area contributed by atoms with Gasteiger partial charge in [-0.25, -0.2) is 0 Å². The molecule has 0 saturated carbocycles. The summed E-state index contributed by atoms with van der Waals surface area (Å²) in [5.41, 5.74) is 5.84. The lowest BCUT2D eigenvalue weighted by Gasteiger charge is -2.35. The summed E-state index contributed by atoms with van der Waals surface area (Å²) in [4.78, 5) is 1.82. The zero-order valence-electron chi connectivity index (χ0n) is 10.2. The molecule has 0 bridgehead atoms. The van der Waals surface area contributed by atoms with Crippen LogP contribution >= 0.6 is 0 Å². The summed E-state index contributed by atoms with van der Waals surface area (Å²) in [5, 5.41) is 0. The molecule has 1 aliphatic heterocycles. The van der Waals surface area contributed by atoms with Crippen molar-refractivity contribution in [1.82, 2.24) is 4.90 Å². The Labute approximate surface area is 100 Å². The zero-order chi connectivity index (χ0) is 12.9. The van der Waals surface area contributed by atoms with Crippen LogP contribution in [-0.4, -0.2) is 50.5 Å². The third-order valence-electron chi connectivity index (χ3n) is 3.15. The molecule has 17 heavy (non-hydrogen) atoms. The van der Waals surface area contributed by atoms with Gasteiger partial charge in [-0.1, -0.05) is 0 Å². The van der Waals surface area contributed by atoms with Gasteiger partial charge in [0.15, 0.2) is 0 Å². The lowest BCUT2D eigenvalue weighted by Crippen LogP contribution is -2.46. The maximum atomic E-state index is 12.6. The third kappa shape index (κ3) is 5.23. The first-order chi connectivity index (χ1) is 7.93. The molecular weight excluding hydrogens is 233 g/mol. The highest BCUT2D eigenvalue weighted by molar-refractivity contribution is 4.80. The number of methoxy groups -OCH3 is 1. The third-order valence-corrected chi connectivity index (χ3v) is 3.15. The number of likely N-dealkylation sites (tertiary alicyclic amines) is 1. The summed E-state index contributed by atoms with van der Waals surface area (Å²) in [6.07, 6.45) is -2.55. The highest BCUT2D eigenvalue weighted by Gasteiger charge is 2.41. The van der Waals surface area contributed by atoms with Crippen molar-refractivity contribution in [2.75, 3.05) is 33.4 Å². The predicted molar refractivity (Wildman–Crippen MR) is 59.7 cm³/mol. The van der Waals surface area contributed by atoms with E-state index in [1.54, 1.807) is 7.11 Å². The molecule has 2 unspecified atom stereocenters. The number of nitrogens with zero attached hydrogens (tertiary/aromatic N) is 1. The van der Waals surface area contributed by atoms with Gasteiger partial charge in [-0.05, 0) is 25.8 Å². The van der Waals surface area contributed by atoms with Crippen molar-refractivity contribution in [1.29, 1.82) is 0 Å². The standard InChI is InChI=1S/C11H21F3N2O/c1-17-6-4-10(15)8-16-5-2-3-9(7-16)11(12,13)14/h9-10H,2-8,15H2,1H3. The van der Waals surface area contributed by atoms with E-state index in [0.29, 0.717) is 32.5 Å². The quantitative estimate of drug-likeness (QED) is 0.810. The van der Waals surface area contributed by atoms with Crippen molar-refractivity contribution in [3.05, 3.63) is 0 Å². The summed E-state index contributed by atoms with van der Waals surface area (Å²) in [6, 6.07) is -0.109. The topological polar surface area (TPSA) is 38.5 Å². The summed E-state index contributed by atoms with van der Waals surface area (Å²) in [6.45, 7) is 1.88. The smallest absolute Gasteiger partial charge is 0.385 e. The van der Waals surface area contributed by atoms with E-state index >= 15 is 0 Å². The van der Waals surface area contributed by atoms with Gasteiger partial charge in [-0.15, -0.1) is 0 Å². The molecule has 0 aromatic rings. The summed E-state index contributed by atoms with van der Waals surface area (Å²) in [7, 11) is 1.59. The second kappa shape index (κ2) is 6.56. The Kier molecular flexibility index (Phi) is 5.69. The van der Waals surface area contributed by atoms with Crippen LogP contribution < -0.4 is 5.73 Å². The van der Waals surface area contributed by atoms with Crippen molar-refractivity contribution < 1.29 is 17.9 Å². The molecule has 2 atom stereocenters. The number of piperidine rings is 1. The van der Waals surface area contributed by atoms with E-state index in [0.717, 1.165) is 0 Å². The maximum Gasteiger partial charge on any atom is 0.393 e. The molecule has 0 radical (unpaired) electrons. The minimum atomic E-state index is -4.07. The van der Waals surface area contributed by atoms with Crippen LogP contribution in [0.5, 0.6) is 0 Å². The lowest BCUT2D eigenvalue weighted by molar-refractivity contribution is -0.186. The van der Waals surface area contributed by atoms with Gasteiger partial charge in [0.25, 0.3) is 0 Å². The summed E-state index contributed by atoms with van der Waals surface area (Å²) >= 11 is 0. The van der Waals surface area contributed by atoms with Crippen LogP contribution in [0.2, 0.25) is 0 Å². The van der Waals surface area contributed by atoms with E-state index < -0.39 is 12.1 Å². The Balaban J connectivity index is 2.34. The first-order valence-electron chi connectivity index (χ1n) is 5.97. The fourth-order valence-electron chi connectivity index (χ4n) is 2.18.